The first kappa shape index (κ1) is 22.9. The van der Waals surface area contributed by atoms with Crippen LogP contribution >= 0.6 is 11.3 Å². The van der Waals surface area contributed by atoms with E-state index >= 15 is 0 Å². The highest BCUT2D eigenvalue weighted by molar-refractivity contribution is 7.15. The zero-order valence-electron chi connectivity index (χ0n) is 18.6. The Morgan fingerprint density at radius 2 is 1.71 bits per heavy atom. The van der Waals surface area contributed by atoms with E-state index in [0.717, 1.165) is 27.4 Å². The van der Waals surface area contributed by atoms with E-state index in [0.29, 0.717) is 30.7 Å². The third-order valence-electron chi connectivity index (χ3n) is 5.42. The monoisotopic (exact) mass is 435 g/mol. The Morgan fingerprint density at radius 3 is 2.32 bits per heavy atom. The molecule has 0 radical (unpaired) electrons. The average Bonchev–Trinajstić information content (AvgIpc) is 3.16. The summed E-state index contributed by atoms with van der Waals surface area (Å²) in [7, 11) is 0. The van der Waals surface area contributed by atoms with Crippen molar-refractivity contribution in [1.29, 1.82) is 0 Å². The van der Waals surface area contributed by atoms with Gasteiger partial charge in [0.15, 0.2) is 5.78 Å². The fourth-order valence-electron chi connectivity index (χ4n) is 3.58. The molecule has 0 spiro atoms. The van der Waals surface area contributed by atoms with Crippen molar-refractivity contribution in [3.05, 3.63) is 75.3 Å². The molecule has 3 rings (SSSR count). The Hall–Kier alpha value is -2.79. The number of aryl methyl sites for hydroxylation is 4. The van der Waals surface area contributed by atoms with E-state index in [4.69, 9.17) is 10.1 Å². The predicted molar refractivity (Wildman–Crippen MR) is 126 cm³/mol. The number of carbonyl (C=O) groups is 2. The fraction of sp³-hybridized carbons (Fsp3) is 0.346. The number of ketones is 1. The Bertz CT molecular complexity index is 1080. The summed E-state index contributed by atoms with van der Waals surface area (Å²) in [6, 6.07) is 14.0. The smallest absolute Gasteiger partial charge is 0.303 e. The van der Waals surface area contributed by atoms with Gasteiger partial charge in [-0.05, 0) is 49.8 Å². The number of thiazole rings is 1. The molecule has 0 amide bonds. The minimum Gasteiger partial charge on any atom is -0.481 e. The molecule has 0 saturated carbocycles. The molecule has 0 atom stereocenters. The average molecular weight is 436 g/mol. The number of aromatic nitrogens is 1. The van der Waals surface area contributed by atoms with E-state index < -0.39 is 5.97 Å². The maximum absolute atomic E-state index is 12.8. The van der Waals surface area contributed by atoms with Crippen molar-refractivity contribution in [2.45, 2.75) is 59.3 Å². The van der Waals surface area contributed by atoms with Gasteiger partial charge in [-0.25, -0.2) is 4.98 Å². The predicted octanol–water partition coefficient (Wildman–Crippen LogP) is 6.38. The van der Waals surface area contributed by atoms with Gasteiger partial charge in [-0.2, -0.15) is 0 Å². The van der Waals surface area contributed by atoms with Gasteiger partial charge in [-0.3, -0.25) is 9.59 Å². The molecule has 1 aromatic heterocycles. The summed E-state index contributed by atoms with van der Waals surface area (Å²) in [6.07, 6.45) is 1.69. The van der Waals surface area contributed by atoms with Gasteiger partial charge in [0, 0.05) is 28.8 Å². The second-order valence-corrected chi connectivity index (χ2v) is 9.39. The minimum absolute atomic E-state index is 0.0980. The third kappa shape index (κ3) is 5.88. The normalized spacial score (nSPS) is 11.1. The van der Waals surface area contributed by atoms with E-state index in [2.05, 4.69) is 45.0 Å². The summed E-state index contributed by atoms with van der Waals surface area (Å²) in [5.41, 5.74) is 6.04. The van der Waals surface area contributed by atoms with E-state index in [9.17, 15) is 9.59 Å². The standard InChI is InChI=1S/C26H29NO3S/c1-16(2)25-23(31-26(27-25)20-7-5-17(3)6-8-20)13-12-22(28)21-10-9-19(18(4)15-21)11-14-24(29)30/h5-10,15-16H,11-14H2,1-4H3,(H,29,30). The number of nitrogens with zero attached hydrogens (tertiary/aromatic N) is 1. The maximum atomic E-state index is 12.8. The molecule has 0 aliphatic heterocycles. The number of aliphatic carboxylic acids is 1. The molecule has 4 nitrogen and oxygen atoms in total. The lowest BCUT2D eigenvalue weighted by atomic mass is 9.97. The number of benzene rings is 2. The lowest BCUT2D eigenvalue weighted by Gasteiger charge is -2.08. The van der Waals surface area contributed by atoms with Gasteiger partial charge >= 0.3 is 5.97 Å². The Kier molecular flexibility index (Phi) is 7.39. The largest absolute Gasteiger partial charge is 0.481 e. The van der Waals surface area contributed by atoms with Gasteiger partial charge in [0.05, 0.1) is 5.69 Å². The summed E-state index contributed by atoms with van der Waals surface area (Å²) in [5.74, 6) is -0.403. The molecule has 1 heterocycles. The first-order valence-corrected chi connectivity index (χ1v) is 11.5. The molecule has 0 aliphatic carbocycles. The molecule has 0 aliphatic rings. The van der Waals surface area contributed by atoms with Crippen LogP contribution in [0.5, 0.6) is 0 Å². The van der Waals surface area contributed by atoms with Gasteiger partial charge in [0.1, 0.15) is 5.01 Å². The van der Waals surface area contributed by atoms with Crippen LogP contribution in [0, 0.1) is 13.8 Å². The number of rotatable bonds is 9. The Morgan fingerprint density at radius 1 is 1.00 bits per heavy atom. The van der Waals surface area contributed by atoms with E-state index in [1.165, 1.54) is 10.4 Å². The first-order chi connectivity index (χ1) is 14.7. The number of hydrogen-bond donors (Lipinski definition) is 1. The second-order valence-electron chi connectivity index (χ2n) is 8.31. The zero-order valence-corrected chi connectivity index (χ0v) is 19.4. The molecule has 2 aromatic carbocycles. The maximum Gasteiger partial charge on any atom is 0.303 e. The van der Waals surface area contributed by atoms with Crippen LogP contribution in [0.25, 0.3) is 10.6 Å². The van der Waals surface area contributed by atoms with Gasteiger partial charge in [0.25, 0.3) is 0 Å². The molecule has 31 heavy (non-hydrogen) atoms. The number of hydrogen-bond acceptors (Lipinski definition) is 4. The SMILES string of the molecule is Cc1ccc(-c2nc(C(C)C)c(CCC(=O)c3ccc(CCC(=O)O)c(C)c3)s2)cc1. The van der Waals surface area contributed by atoms with Crippen molar-refractivity contribution >= 4 is 23.1 Å². The summed E-state index contributed by atoms with van der Waals surface area (Å²) < 4.78 is 0. The second kappa shape index (κ2) is 10.0. The first-order valence-electron chi connectivity index (χ1n) is 10.7. The zero-order chi connectivity index (χ0) is 22.5. The summed E-state index contributed by atoms with van der Waals surface area (Å²) in [4.78, 5) is 29.7. The molecule has 0 saturated heterocycles. The fourth-order valence-corrected chi connectivity index (χ4v) is 4.80. The van der Waals surface area contributed by atoms with Crippen LogP contribution in [-0.2, 0) is 17.6 Å². The third-order valence-corrected chi connectivity index (χ3v) is 6.60. The van der Waals surface area contributed by atoms with E-state index in [1.54, 1.807) is 11.3 Å². The highest BCUT2D eigenvalue weighted by Gasteiger charge is 2.17. The molecule has 0 unspecified atom stereocenters. The molecular weight excluding hydrogens is 406 g/mol. The van der Waals surface area contributed by atoms with Crippen LogP contribution in [0.4, 0.5) is 0 Å². The lowest BCUT2D eigenvalue weighted by Crippen LogP contribution is -2.04. The number of carbonyl (C=O) groups excluding carboxylic acids is 1. The van der Waals surface area contributed by atoms with Crippen LogP contribution in [0.1, 0.15) is 70.2 Å². The Labute approximate surface area is 188 Å². The van der Waals surface area contributed by atoms with Crippen LogP contribution in [-0.4, -0.2) is 21.8 Å². The number of carboxylic acids is 1. The van der Waals surface area contributed by atoms with Gasteiger partial charge in [-0.15, -0.1) is 11.3 Å². The van der Waals surface area contributed by atoms with Gasteiger partial charge in [-0.1, -0.05) is 55.8 Å². The van der Waals surface area contributed by atoms with Crippen LogP contribution < -0.4 is 0 Å². The molecule has 0 fully saturated rings. The van der Waals surface area contributed by atoms with Crippen molar-refractivity contribution in [3.8, 4) is 10.6 Å². The van der Waals surface area contributed by atoms with Crippen LogP contribution in [0.2, 0.25) is 0 Å². The van der Waals surface area contributed by atoms with E-state index in [1.807, 2.05) is 25.1 Å². The topological polar surface area (TPSA) is 67.3 Å². The molecule has 162 valence electrons. The summed E-state index contributed by atoms with van der Waals surface area (Å²) >= 11 is 1.68. The molecule has 1 N–H and O–H groups in total. The van der Waals surface area contributed by atoms with Crippen LogP contribution in [0.15, 0.2) is 42.5 Å². The number of carboxylic acid groups (broad SMARTS) is 1. The highest BCUT2D eigenvalue weighted by atomic mass is 32.1. The summed E-state index contributed by atoms with van der Waals surface area (Å²) in [5, 5.41) is 9.88. The van der Waals surface area contributed by atoms with E-state index in [-0.39, 0.29) is 12.2 Å². The van der Waals surface area contributed by atoms with Crippen molar-refractivity contribution in [1.82, 2.24) is 4.98 Å². The van der Waals surface area contributed by atoms with Crippen molar-refractivity contribution in [2.75, 3.05) is 0 Å². The van der Waals surface area contributed by atoms with Crippen molar-refractivity contribution in [3.63, 3.8) is 0 Å². The molecule has 3 aromatic rings. The quantitative estimate of drug-likeness (QED) is 0.396. The van der Waals surface area contributed by atoms with Gasteiger partial charge in [0.2, 0.25) is 0 Å². The highest BCUT2D eigenvalue weighted by Crippen LogP contribution is 2.33. The molecule has 0 bridgehead atoms. The summed E-state index contributed by atoms with van der Waals surface area (Å²) in [6.45, 7) is 8.28. The minimum atomic E-state index is -0.810. The molecule has 5 heteroatoms. The van der Waals surface area contributed by atoms with Crippen molar-refractivity contribution in [2.24, 2.45) is 0 Å². The van der Waals surface area contributed by atoms with Crippen LogP contribution in [0.3, 0.4) is 0 Å². The lowest BCUT2D eigenvalue weighted by molar-refractivity contribution is -0.136. The number of Topliss-reactive ketones (excluding diaryl/α,β-unsaturated/α-hetero) is 1. The Balaban J connectivity index is 1.73. The van der Waals surface area contributed by atoms with Crippen molar-refractivity contribution < 1.29 is 14.7 Å². The molecular formula is C26H29NO3S. The van der Waals surface area contributed by atoms with Gasteiger partial charge < -0.3 is 5.11 Å².